The van der Waals surface area contributed by atoms with Gasteiger partial charge in [-0.2, -0.15) is 0 Å². The van der Waals surface area contributed by atoms with Gasteiger partial charge in [0.25, 0.3) is 0 Å². The monoisotopic (exact) mass is 156 g/mol. The highest BCUT2D eigenvalue weighted by Crippen LogP contribution is 2.20. The van der Waals surface area contributed by atoms with Crippen LogP contribution in [-0.4, -0.2) is 36.2 Å². The van der Waals surface area contributed by atoms with Crippen molar-refractivity contribution in [3.05, 3.63) is 6.92 Å². The number of hydrogen-bond acceptors (Lipinski definition) is 2. The normalized spacial score (nSPS) is 25.4. The third-order valence-electron chi connectivity index (χ3n) is 2.44. The van der Waals surface area contributed by atoms with Gasteiger partial charge in [-0.15, -0.1) is 0 Å². The molecule has 0 saturated carbocycles. The number of rotatable bonds is 2. The molecular formula is C9H18NO. The third kappa shape index (κ3) is 3.21. The highest BCUT2D eigenvalue weighted by atomic mass is 16.3. The maximum absolute atomic E-state index is 9.05. The molecular weight excluding hydrogens is 138 g/mol. The molecule has 0 bridgehead atoms. The molecule has 1 unspecified atom stereocenters. The van der Waals surface area contributed by atoms with Gasteiger partial charge in [-0.3, -0.25) is 0 Å². The Morgan fingerprint density at radius 1 is 1.55 bits per heavy atom. The van der Waals surface area contributed by atoms with Crippen LogP contribution in [0.15, 0.2) is 0 Å². The Morgan fingerprint density at radius 3 is 2.55 bits per heavy atom. The molecule has 1 atom stereocenters. The number of piperidine rings is 1. The van der Waals surface area contributed by atoms with E-state index in [4.69, 9.17) is 5.11 Å². The zero-order valence-corrected chi connectivity index (χ0v) is 7.29. The topological polar surface area (TPSA) is 23.5 Å². The molecule has 0 spiro atoms. The van der Waals surface area contributed by atoms with Crippen LogP contribution in [0, 0.1) is 12.8 Å². The van der Waals surface area contributed by atoms with Gasteiger partial charge < -0.3 is 10.0 Å². The van der Waals surface area contributed by atoms with E-state index in [9.17, 15) is 0 Å². The lowest BCUT2D eigenvalue weighted by atomic mass is 9.92. The predicted octanol–water partition coefficient (Wildman–Crippen LogP) is 0.913. The third-order valence-corrected chi connectivity index (χ3v) is 2.44. The van der Waals surface area contributed by atoms with E-state index in [1.807, 2.05) is 0 Å². The summed E-state index contributed by atoms with van der Waals surface area (Å²) >= 11 is 0. The van der Waals surface area contributed by atoms with E-state index in [0.29, 0.717) is 5.92 Å². The van der Waals surface area contributed by atoms with E-state index in [1.165, 1.54) is 25.9 Å². The molecule has 1 aliphatic rings. The number of hydrogen-bond donors (Lipinski definition) is 1. The lowest BCUT2D eigenvalue weighted by Gasteiger charge is -2.29. The summed E-state index contributed by atoms with van der Waals surface area (Å²) in [4.78, 5) is 2.34. The lowest BCUT2D eigenvalue weighted by Crippen LogP contribution is -2.31. The summed E-state index contributed by atoms with van der Waals surface area (Å²) in [5.41, 5.74) is 0. The van der Waals surface area contributed by atoms with Crippen molar-refractivity contribution < 1.29 is 5.11 Å². The standard InChI is InChI=1S/C9H18NO/c1-8(11)7-9-3-5-10(2)6-4-9/h8-9,11H,1,3-7H2,2H3. The molecule has 1 fully saturated rings. The molecule has 1 aliphatic heterocycles. The fourth-order valence-electron chi connectivity index (χ4n) is 1.68. The first-order valence-electron chi connectivity index (χ1n) is 4.38. The van der Waals surface area contributed by atoms with Crippen molar-refractivity contribution in [3.8, 4) is 0 Å². The number of nitrogens with zero attached hydrogens (tertiary/aromatic N) is 1. The van der Waals surface area contributed by atoms with E-state index >= 15 is 0 Å². The second-order valence-corrected chi connectivity index (χ2v) is 3.64. The van der Waals surface area contributed by atoms with Crippen LogP contribution in [0.4, 0.5) is 0 Å². The highest BCUT2D eigenvalue weighted by Gasteiger charge is 2.17. The van der Waals surface area contributed by atoms with Crippen molar-refractivity contribution in [2.45, 2.75) is 25.4 Å². The maximum Gasteiger partial charge on any atom is 0.0543 e. The van der Waals surface area contributed by atoms with Gasteiger partial charge in [0.2, 0.25) is 0 Å². The molecule has 1 heterocycles. The summed E-state index contributed by atoms with van der Waals surface area (Å²) in [5, 5.41) is 9.05. The molecule has 0 aromatic heterocycles. The van der Waals surface area contributed by atoms with Gasteiger partial charge in [-0.1, -0.05) is 0 Å². The SMILES string of the molecule is [CH2]C(O)CC1CCN(C)CC1. The molecule has 1 N–H and O–H groups in total. The number of aliphatic hydroxyl groups excluding tert-OH is 1. The van der Waals surface area contributed by atoms with Gasteiger partial charge >= 0.3 is 0 Å². The van der Waals surface area contributed by atoms with Gasteiger partial charge in [0.05, 0.1) is 6.10 Å². The van der Waals surface area contributed by atoms with E-state index in [1.54, 1.807) is 0 Å². The van der Waals surface area contributed by atoms with Crippen LogP contribution in [-0.2, 0) is 0 Å². The molecule has 2 heteroatoms. The quantitative estimate of drug-likeness (QED) is 0.642. The van der Waals surface area contributed by atoms with Crippen LogP contribution in [0.3, 0.4) is 0 Å². The van der Waals surface area contributed by atoms with E-state index in [-0.39, 0.29) is 6.10 Å². The molecule has 1 radical (unpaired) electrons. The van der Waals surface area contributed by atoms with E-state index < -0.39 is 0 Å². The van der Waals surface area contributed by atoms with Crippen molar-refractivity contribution in [3.63, 3.8) is 0 Å². The smallest absolute Gasteiger partial charge is 0.0543 e. The summed E-state index contributed by atoms with van der Waals surface area (Å²) in [6.07, 6.45) is 2.98. The van der Waals surface area contributed by atoms with Gasteiger partial charge in [0, 0.05) is 0 Å². The zero-order valence-electron chi connectivity index (χ0n) is 7.29. The second-order valence-electron chi connectivity index (χ2n) is 3.64. The highest BCUT2D eigenvalue weighted by molar-refractivity contribution is 4.73. The summed E-state index contributed by atoms with van der Waals surface area (Å²) in [5.74, 6) is 0.707. The molecule has 0 aliphatic carbocycles. The van der Waals surface area contributed by atoms with Crippen molar-refractivity contribution in [1.82, 2.24) is 4.90 Å². The first-order chi connectivity index (χ1) is 5.18. The Labute approximate surface area is 69.2 Å². The molecule has 65 valence electrons. The Bertz CT molecular complexity index is 106. The summed E-state index contributed by atoms with van der Waals surface area (Å²) in [7, 11) is 2.15. The van der Waals surface area contributed by atoms with E-state index in [0.717, 1.165) is 6.42 Å². The van der Waals surface area contributed by atoms with Crippen molar-refractivity contribution in [1.29, 1.82) is 0 Å². The average Bonchev–Trinajstić information content (AvgIpc) is 1.93. The predicted molar refractivity (Wildman–Crippen MR) is 46.2 cm³/mol. The molecule has 2 nitrogen and oxygen atoms in total. The zero-order chi connectivity index (χ0) is 8.27. The minimum atomic E-state index is -0.358. The van der Waals surface area contributed by atoms with Crippen LogP contribution in [0.2, 0.25) is 0 Å². The van der Waals surface area contributed by atoms with E-state index in [2.05, 4.69) is 18.9 Å². The summed E-state index contributed by atoms with van der Waals surface area (Å²) < 4.78 is 0. The number of likely N-dealkylation sites (tertiary alicyclic amines) is 1. The van der Waals surface area contributed by atoms with Gasteiger partial charge in [0.1, 0.15) is 0 Å². The first kappa shape index (κ1) is 9.01. The van der Waals surface area contributed by atoms with Crippen LogP contribution in [0.5, 0.6) is 0 Å². The minimum Gasteiger partial charge on any atom is -0.393 e. The molecule has 0 aromatic carbocycles. The van der Waals surface area contributed by atoms with Gasteiger partial charge in [0.15, 0.2) is 0 Å². The van der Waals surface area contributed by atoms with Gasteiger partial charge in [-0.05, 0) is 52.2 Å². The summed E-state index contributed by atoms with van der Waals surface area (Å²) in [6, 6.07) is 0. The fraction of sp³-hybridized carbons (Fsp3) is 0.889. The van der Waals surface area contributed by atoms with Crippen molar-refractivity contribution >= 4 is 0 Å². The Balaban J connectivity index is 2.17. The second kappa shape index (κ2) is 4.07. The Hall–Kier alpha value is -0.0800. The van der Waals surface area contributed by atoms with Crippen LogP contribution < -0.4 is 0 Å². The largest absolute Gasteiger partial charge is 0.393 e. The Morgan fingerprint density at radius 2 is 2.09 bits per heavy atom. The van der Waals surface area contributed by atoms with Crippen LogP contribution in [0.1, 0.15) is 19.3 Å². The lowest BCUT2D eigenvalue weighted by molar-refractivity contribution is 0.144. The fourth-order valence-corrected chi connectivity index (χ4v) is 1.68. The summed E-state index contributed by atoms with van der Waals surface area (Å²) in [6.45, 7) is 5.95. The van der Waals surface area contributed by atoms with Gasteiger partial charge in [-0.25, -0.2) is 0 Å². The number of aliphatic hydroxyl groups is 1. The Kier molecular flexibility index (Phi) is 3.34. The minimum absolute atomic E-state index is 0.358. The van der Waals surface area contributed by atoms with Crippen molar-refractivity contribution in [2.24, 2.45) is 5.92 Å². The molecule has 0 amide bonds. The van der Waals surface area contributed by atoms with Crippen LogP contribution >= 0.6 is 0 Å². The first-order valence-corrected chi connectivity index (χ1v) is 4.38. The molecule has 1 rings (SSSR count). The van der Waals surface area contributed by atoms with Crippen molar-refractivity contribution in [2.75, 3.05) is 20.1 Å². The van der Waals surface area contributed by atoms with Crippen LogP contribution in [0.25, 0.3) is 0 Å². The molecule has 0 aromatic rings. The molecule has 11 heavy (non-hydrogen) atoms. The molecule has 1 saturated heterocycles. The maximum atomic E-state index is 9.05. The average molecular weight is 156 g/mol.